The highest BCUT2D eigenvalue weighted by Gasteiger charge is 2.21. The lowest BCUT2D eigenvalue weighted by atomic mass is 10.0. The minimum Gasteiger partial charge on any atom is -0.368 e. The van der Waals surface area contributed by atoms with Crippen LogP contribution in [0, 0.1) is 0 Å². The molecule has 2 aromatic heterocycles. The number of hydrogen-bond acceptors (Lipinski definition) is 7. The highest BCUT2D eigenvalue weighted by atomic mass is 15.4. The first-order valence-corrected chi connectivity index (χ1v) is 13.9. The van der Waals surface area contributed by atoms with Crippen molar-refractivity contribution in [1.82, 2.24) is 29.9 Å². The summed E-state index contributed by atoms with van der Waals surface area (Å²) in [7, 11) is 0. The van der Waals surface area contributed by atoms with Gasteiger partial charge in [-0.05, 0) is 98.5 Å². The van der Waals surface area contributed by atoms with Crippen molar-refractivity contribution in [1.29, 1.82) is 0 Å². The van der Waals surface area contributed by atoms with Gasteiger partial charge in [0, 0.05) is 17.3 Å². The fourth-order valence-electron chi connectivity index (χ4n) is 6.13. The first-order valence-electron chi connectivity index (χ1n) is 13.9. The van der Waals surface area contributed by atoms with E-state index in [4.69, 9.17) is 5.73 Å². The number of aryl methyl sites for hydroxylation is 4. The first kappa shape index (κ1) is 24.6. The molecule has 1 unspecified atom stereocenters. The van der Waals surface area contributed by atoms with E-state index in [1.165, 1.54) is 35.1 Å². The van der Waals surface area contributed by atoms with Gasteiger partial charge in [0.2, 0.25) is 11.9 Å². The Bertz CT molecular complexity index is 1440. The molecule has 0 saturated carbocycles. The van der Waals surface area contributed by atoms with Gasteiger partial charge in [0.05, 0.1) is 5.69 Å². The third-order valence-corrected chi connectivity index (χ3v) is 8.16. The number of nitrogens with zero attached hydrogens (tertiary/aromatic N) is 6. The molecule has 0 radical (unpaired) electrons. The summed E-state index contributed by atoms with van der Waals surface area (Å²) < 4.78 is 1.57. The maximum Gasteiger partial charge on any atom is 0.248 e. The van der Waals surface area contributed by atoms with Crippen LogP contribution in [0.15, 0.2) is 48.5 Å². The SMILES string of the molecule is CCN(CC)C1CCc2ccc(Nc3nc(N)n(-c4cc5c(nn4)-c4ccccc4CCC5)n3)cc2CC1. The average molecular weight is 509 g/mol. The molecule has 8 nitrogen and oxygen atoms in total. The number of nitrogens with one attached hydrogen (secondary N) is 1. The van der Waals surface area contributed by atoms with Crippen molar-refractivity contribution in [2.75, 3.05) is 24.1 Å². The van der Waals surface area contributed by atoms with E-state index in [0.29, 0.717) is 17.8 Å². The zero-order chi connectivity index (χ0) is 26.1. The number of hydrogen-bond donors (Lipinski definition) is 2. The molecule has 2 heterocycles. The van der Waals surface area contributed by atoms with Crippen molar-refractivity contribution in [2.45, 2.75) is 64.8 Å². The lowest BCUT2D eigenvalue weighted by Crippen LogP contribution is -2.35. The molecule has 4 aromatic rings. The molecule has 0 bridgehead atoms. The number of nitrogen functional groups attached to an aromatic ring is 1. The maximum absolute atomic E-state index is 6.29. The third kappa shape index (κ3) is 4.76. The van der Waals surface area contributed by atoms with Gasteiger partial charge in [-0.2, -0.15) is 9.67 Å². The predicted molar refractivity (Wildman–Crippen MR) is 152 cm³/mol. The monoisotopic (exact) mass is 508 g/mol. The third-order valence-electron chi connectivity index (χ3n) is 8.16. The Morgan fingerprint density at radius 1 is 0.895 bits per heavy atom. The molecule has 3 N–H and O–H groups in total. The van der Waals surface area contributed by atoms with Gasteiger partial charge in [-0.3, -0.25) is 0 Å². The van der Waals surface area contributed by atoms with Crippen LogP contribution in [0.1, 0.15) is 55.4 Å². The highest BCUT2D eigenvalue weighted by Crippen LogP contribution is 2.32. The van der Waals surface area contributed by atoms with Gasteiger partial charge in [0.15, 0.2) is 5.82 Å². The first-order chi connectivity index (χ1) is 18.6. The van der Waals surface area contributed by atoms with Crippen molar-refractivity contribution in [3.05, 3.63) is 70.8 Å². The number of fused-ring (bicyclic) bond motifs is 4. The largest absolute Gasteiger partial charge is 0.368 e. The Kier molecular flexibility index (Phi) is 6.81. The summed E-state index contributed by atoms with van der Waals surface area (Å²) in [5, 5.41) is 17.1. The fraction of sp³-hybridized carbons (Fsp3) is 0.400. The van der Waals surface area contributed by atoms with Crippen LogP contribution in [0.4, 0.5) is 17.6 Å². The summed E-state index contributed by atoms with van der Waals surface area (Å²) in [4.78, 5) is 7.07. The van der Waals surface area contributed by atoms with Gasteiger partial charge >= 0.3 is 0 Å². The van der Waals surface area contributed by atoms with E-state index in [2.05, 4.69) is 86.8 Å². The number of benzene rings is 2. The van der Waals surface area contributed by atoms with E-state index < -0.39 is 0 Å². The van der Waals surface area contributed by atoms with Crippen molar-refractivity contribution < 1.29 is 0 Å². The van der Waals surface area contributed by atoms with Crippen LogP contribution in [0.3, 0.4) is 0 Å². The molecule has 196 valence electrons. The zero-order valence-corrected chi connectivity index (χ0v) is 22.3. The Balaban J connectivity index is 1.22. The summed E-state index contributed by atoms with van der Waals surface area (Å²) in [5.74, 6) is 1.33. The normalized spacial score (nSPS) is 16.8. The van der Waals surface area contributed by atoms with E-state index in [9.17, 15) is 0 Å². The van der Waals surface area contributed by atoms with Crippen molar-refractivity contribution in [3.8, 4) is 17.1 Å². The second kappa shape index (κ2) is 10.5. The van der Waals surface area contributed by atoms with Gasteiger partial charge in [-0.1, -0.05) is 44.2 Å². The number of anilines is 3. The zero-order valence-electron chi connectivity index (χ0n) is 22.3. The molecule has 1 atom stereocenters. The number of rotatable bonds is 6. The topological polar surface area (TPSA) is 97.8 Å². The van der Waals surface area contributed by atoms with Crippen LogP contribution in [-0.2, 0) is 25.7 Å². The van der Waals surface area contributed by atoms with Crippen LogP contribution in [0.2, 0.25) is 0 Å². The minimum atomic E-state index is 0.285. The molecule has 0 spiro atoms. The molecule has 0 amide bonds. The summed E-state index contributed by atoms with van der Waals surface area (Å²) in [5.41, 5.74) is 14.7. The van der Waals surface area contributed by atoms with Crippen molar-refractivity contribution in [3.63, 3.8) is 0 Å². The van der Waals surface area contributed by atoms with E-state index in [0.717, 1.165) is 62.1 Å². The number of aromatic nitrogens is 5. The van der Waals surface area contributed by atoms with E-state index in [1.54, 1.807) is 4.68 Å². The van der Waals surface area contributed by atoms with Crippen LogP contribution in [0.25, 0.3) is 17.1 Å². The molecule has 2 aliphatic carbocycles. The van der Waals surface area contributed by atoms with Crippen molar-refractivity contribution >= 4 is 17.6 Å². The molecule has 38 heavy (non-hydrogen) atoms. The lowest BCUT2D eigenvalue weighted by molar-refractivity contribution is 0.199. The predicted octanol–water partition coefficient (Wildman–Crippen LogP) is 5.13. The Morgan fingerprint density at radius 3 is 2.53 bits per heavy atom. The van der Waals surface area contributed by atoms with E-state index in [-0.39, 0.29) is 5.95 Å². The molecule has 0 aliphatic heterocycles. The second-order valence-electron chi connectivity index (χ2n) is 10.4. The van der Waals surface area contributed by atoms with Gasteiger partial charge in [0.1, 0.15) is 0 Å². The average Bonchev–Trinajstić information content (AvgIpc) is 3.08. The van der Waals surface area contributed by atoms with Gasteiger partial charge in [-0.15, -0.1) is 15.3 Å². The molecular weight excluding hydrogens is 472 g/mol. The van der Waals surface area contributed by atoms with Gasteiger partial charge in [0.25, 0.3) is 0 Å². The summed E-state index contributed by atoms with van der Waals surface area (Å²) in [6, 6.07) is 17.8. The molecule has 0 saturated heterocycles. The van der Waals surface area contributed by atoms with Crippen LogP contribution >= 0.6 is 0 Å². The van der Waals surface area contributed by atoms with Gasteiger partial charge < -0.3 is 16.0 Å². The minimum absolute atomic E-state index is 0.285. The van der Waals surface area contributed by atoms with Crippen LogP contribution < -0.4 is 11.1 Å². The van der Waals surface area contributed by atoms with Crippen LogP contribution in [-0.4, -0.2) is 49.0 Å². The number of nitrogens with two attached hydrogens (primary N) is 1. The molecular formula is C30H36N8. The fourth-order valence-corrected chi connectivity index (χ4v) is 6.13. The van der Waals surface area contributed by atoms with E-state index >= 15 is 0 Å². The Labute approximate surface area is 224 Å². The maximum atomic E-state index is 6.29. The standard InChI is InChI=1S/C30H36N8/c1-3-37(4-2)25-16-13-20-12-15-24(18-22(20)14-17-25)32-30-33-29(31)38(36-30)27-19-23-10-7-9-21-8-5-6-11-26(21)28(23)35-34-27/h5-6,8,11-12,15,18-19,25H,3-4,7,9-10,13-14,16-17H2,1-2H3,(H3,31,32,33,36). The van der Waals surface area contributed by atoms with Crippen LogP contribution in [0.5, 0.6) is 0 Å². The Morgan fingerprint density at radius 2 is 1.68 bits per heavy atom. The second-order valence-corrected chi connectivity index (χ2v) is 10.4. The highest BCUT2D eigenvalue weighted by molar-refractivity contribution is 5.68. The van der Waals surface area contributed by atoms with Gasteiger partial charge in [-0.25, -0.2) is 0 Å². The Hall–Kier alpha value is -3.78. The smallest absolute Gasteiger partial charge is 0.248 e. The molecule has 8 heteroatoms. The lowest BCUT2D eigenvalue weighted by Gasteiger charge is -2.28. The summed E-state index contributed by atoms with van der Waals surface area (Å²) in [6.07, 6.45) is 7.68. The van der Waals surface area contributed by atoms with Crippen molar-refractivity contribution in [2.24, 2.45) is 0 Å². The van der Waals surface area contributed by atoms with E-state index in [1.807, 2.05) is 6.07 Å². The molecule has 2 aliphatic rings. The molecule has 2 aromatic carbocycles. The molecule has 0 fully saturated rings. The summed E-state index contributed by atoms with van der Waals surface area (Å²) >= 11 is 0. The molecule has 6 rings (SSSR count). The summed E-state index contributed by atoms with van der Waals surface area (Å²) in [6.45, 7) is 6.75. The quantitative estimate of drug-likeness (QED) is 0.349.